The fraction of sp³-hybridized carbons (Fsp3) is 0.650. The van der Waals surface area contributed by atoms with E-state index >= 15 is 0 Å². The molecule has 0 saturated carbocycles. The van der Waals surface area contributed by atoms with Crippen LogP contribution in [0.4, 0.5) is 5.69 Å². The Bertz CT molecular complexity index is 721. The standard InChI is InChI=1S/C20H30BNO3/c1-12(2)14-10-13(21-24-19(5,6)20(7,8)25-21)11-15-16(14)22(9)17(23)18(15,3)4/h10-12H,1-9H3. The molecule has 25 heavy (non-hydrogen) atoms. The quantitative estimate of drug-likeness (QED) is 0.773. The van der Waals surface area contributed by atoms with Gasteiger partial charge in [0.25, 0.3) is 0 Å². The summed E-state index contributed by atoms with van der Waals surface area (Å²) in [5, 5.41) is 0. The predicted octanol–water partition coefficient (Wildman–Crippen LogP) is 3.36. The molecule has 4 nitrogen and oxygen atoms in total. The molecule has 2 aliphatic rings. The Kier molecular flexibility index (Phi) is 3.94. The summed E-state index contributed by atoms with van der Waals surface area (Å²) in [5.41, 5.74) is 2.99. The van der Waals surface area contributed by atoms with Crippen molar-refractivity contribution in [2.24, 2.45) is 0 Å². The van der Waals surface area contributed by atoms with Crippen molar-refractivity contribution in [3.63, 3.8) is 0 Å². The van der Waals surface area contributed by atoms with Crippen LogP contribution in [-0.4, -0.2) is 31.3 Å². The zero-order valence-electron chi connectivity index (χ0n) is 17.0. The predicted molar refractivity (Wildman–Crippen MR) is 103 cm³/mol. The van der Waals surface area contributed by atoms with Gasteiger partial charge in [-0.25, -0.2) is 0 Å². The number of benzene rings is 1. The van der Waals surface area contributed by atoms with Crippen LogP contribution in [0.5, 0.6) is 0 Å². The molecule has 0 radical (unpaired) electrons. The maximum atomic E-state index is 12.8. The second kappa shape index (κ2) is 5.34. The van der Waals surface area contributed by atoms with Gasteiger partial charge < -0.3 is 14.2 Å². The van der Waals surface area contributed by atoms with Crippen LogP contribution in [0.2, 0.25) is 0 Å². The number of carbonyl (C=O) groups is 1. The SMILES string of the molecule is CC(C)c1cc(B2OC(C)(C)C(C)(C)O2)cc2c1N(C)C(=O)C2(C)C. The van der Waals surface area contributed by atoms with Crippen molar-refractivity contribution in [2.45, 2.75) is 77.9 Å². The lowest BCUT2D eigenvalue weighted by Gasteiger charge is -2.32. The molecule has 0 spiro atoms. The Morgan fingerprint density at radius 1 is 1.00 bits per heavy atom. The highest BCUT2D eigenvalue weighted by atomic mass is 16.7. The molecule has 0 bridgehead atoms. The number of nitrogens with zero attached hydrogens (tertiary/aromatic N) is 1. The molecule has 1 fully saturated rings. The van der Waals surface area contributed by atoms with Crippen molar-refractivity contribution >= 4 is 24.2 Å². The van der Waals surface area contributed by atoms with Gasteiger partial charge in [0.1, 0.15) is 0 Å². The third-order valence-electron chi connectivity index (χ3n) is 6.16. The van der Waals surface area contributed by atoms with Crippen molar-refractivity contribution in [2.75, 3.05) is 11.9 Å². The fourth-order valence-corrected chi connectivity index (χ4v) is 3.72. The first-order valence-corrected chi connectivity index (χ1v) is 9.11. The number of rotatable bonds is 2. The van der Waals surface area contributed by atoms with Gasteiger partial charge in [0.05, 0.1) is 22.3 Å². The monoisotopic (exact) mass is 343 g/mol. The van der Waals surface area contributed by atoms with E-state index in [2.05, 4.69) is 53.7 Å². The maximum absolute atomic E-state index is 12.8. The molecule has 1 aromatic carbocycles. The zero-order valence-corrected chi connectivity index (χ0v) is 17.0. The molecule has 136 valence electrons. The van der Waals surface area contributed by atoms with Crippen LogP contribution in [0.25, 0.3) is 0 Å². The van der Waals surface area contributed by atoms with Gasteiger partial charge >= 0.3 is 7.12 Å². The normalized spacial score (nSPS) is 23.5. The first-order chi connectivity index (χ1) is 11.3. The van der Waals surface area contributed by atoms with Crippen LogP contribution in [0.3, 0.4) is 0 Å². The van der Waals surface area contributed by atoms with Gasteiger partial charge in [-0.3, -0.25) is 4.79 Å². The molecular weight excluding hydrogens is 313 g/mol. The molecule has 0 atom stereocenters. The van der Waals surface area contributed by atoms with E-state index in [0.29, 0.717) is 5.92 Å². The summed E-state index contributed by atoms with van der Waals surface area (Å²) in [7, 11) is 1.46. The Hall–Kier alpha value is -1.33. The van der Waals surface area contributed by atoms with E-state index in [-0.39, 0.29) is 17.1 Å². The Morgan fingerprint density at radius 3 is 2.00 bits per heavy atom. The highest BCUT2D eigenvalue weighted by Gasteiger charge is 2.53. The smallest absolute Gasteiger partial charge is 0.399 e. The van der Waals surface area contributed by atoms with Gasteiger partial charge in [0.15, 0.2) is 0 Å². The number of likely N-dealkylation sites (N-methyl/N-ethyl adjacent to an activating group) is 1. The second-order valence-electron chi connectivity index (χ2n) is 9.24. The summed E-state index contributed by atoms with van der Waals surface area (Å²) in [6.45, 7) is 16.6. The molecule has 2 aliphatic heterocycles. The Balaban J connectivity index is 2.15. The van der Waals surface area contributed by atoms with Crippen molar-refractivity contribution < 1.29 is 14.1 Å². The van der Waals surface area contributed by atoms with Crippen LogP contribution in [-0.2, 0) is 19.5 Å². The number of hydrogen-bond donors (Lipinski definition) is 0. The van der Waals surface area contributed by atoms with Crippen molar-refractivity contribution in [1.29, 1.82) is 0 Å². The number of carbonyl (C=O) groups excluding carboxylic acids is 1. The summed E-state index contributed by atoms with van der Waals surface area (Å²) >= 11 is 0. The maximum Gasteiger partial charge on any atom is 0.494 e. The van der Waals surface area contributed by atoms with Crippen molar-refractivity contribution in [1.82, 2.24) is 0 Å². The molecule has 1 aromatic rings. The first-order valence-electron chi connectivity index (χ1n) is 9.11. The van der Waals surface area contributed by atoms with E-state index in [1.165, 1.54) is 5.56 Å². The van der Waals surface area contributed by atoms with E-state index in [1.807, 2.05) is 20.9 Å². The summed E-state index contributed by atoms with van der Waals surface area (Å²) in [6, 6.07) is 4.25. The van der Waals surface area contributed by atoms with Crippen LogP contribution >= 0.6 is 0 Å². The molecule has 0 unspecified atom stereocenters. The molecule has 1 saturated heterocycles. The minimum absolute atomic E-state index is 0.135. The number of anilines is 1. The van der Waals surface area contributed by atoms with Gasteiger partial charge in [-0.05, 0) is 64.1 Å². The van der Waals surface area contributed by atoms with Crippen LogP contribution in [0.1, 0.15) is 72.4 Å². The van der Waals surface area contributed by atoms with E-state index in [0.717, 1.165) is 16.7 Å². The zero-order chi connectivity index (χ0) is 18.9. The van der Waals surface area contributed by atoms with E-state index < -0.39 is 12.5 Å². The average Bonchev–Trinajstić information content (AvgIpc) is 2.81. The van der Waals surface area contributed by atoms with E-state index in [1.54, 1.807) is 4.90 Å². The average molecular weight is 343 g/mol. The van der Waals surface area contributed by atoms with E-state index in [4.69, 9.17) is 9.31 Å². The molecule has 2 heterocycles. The minimum Gasteiger partial charge on any atom is -0.399 e. The van der Waals surface area contributed by atoms with Gasteiger partial charge in [-0.15, -0.1) is 0 Å². The lowest BCUT2D eigenvalue weighted by molar-refractivity contribution is -0.121. The van der Waals surface area contributed by atoms with Gasteiger partial charge in [-0.2, -0.15) is 0 Å². The van der Waals surface area contributed by atoms with Gasteiger partial charge in [-0.1, -0.05) is 26.0 Å². The Morgan fingerprint density at radius 2 is 1.52 bits per heavy atom. The molecule has 5 heteroatoms. The lowest BCUT2D eigenvalue weighted by atomic mass is 9.73. The highest BCUT2D eigenvalue weighted by molar-refractivity contribution is 6.62. The topological polar surface area (TPSA) is 38.8 Å². The summed E-state index contributed by atoms with van der Waals surface area (Å²) in [4.78, 5) is 14.6. The summed E-state index contributed by atoms with van der Waals surface area (Å²) in [5.74, 6) is 0.441. The van der Waals surface area contributed by atoms with Crippen LogP contribution < -0.4 is 10.4 Å². The van der Waals surface area contributed by atoms with Crippen LogP contribution in [0.15, 0.2) is 12.1 Å². The number of hydrogen-bond acceptors (Lipinski definition) is 3. The highest BCUT2D eigenvalue weighted by Crippen LogP contribution is 2.45. The minimum atomic E-state index is -0.534. The summed E-state index contributed by atoms with van der Waals surface area (Å²) < 4.78 is 12.5. The third-order valence-corrected chi connectivity index (χ3v) is 6.16. The molecule has 3 rings (SSSR count). The molecule has 1 amide bonds. The Labute approximate surface area is 152 Å². The fourth-order valence-electron chi connectivity index (χ4n) is 3.72. The van der Waals surface area contributed by atoms with E-state index in [9.17, 15) is 4.79 Å². The van der Waals surface area contributed by atoms with Crippen molar-refractivity contribution in [3.05, 3.63) is 23.3 Å². The molecule has 0 N–H and O–H groups in total. The van der Waals surface area contributed by atoms with Crippen LogP contribution in [0, 0.1) is 0 Å². The van der Waals surface area contributed by atoms with Gasteiger partial charge in [0.2, 0.25) is 5.91 Å². The summed E-state index contributed by atoms with van der Waals surface area (Å²) in [6.07, 6.45) is 0. The molecule has 0 aliphatic carbocycles. The molecular formula is C20H30BNO3. The van der Waals surface area contributed by atoms with Gasteiger partial charge in [0, 0.05) is 7.05 Å². The first kappa shape index (κ1) is 18.5. The second-order valence-corrected chi connectivity index (χ2v) is 9.24. The number of amides is 1. The molecule has 0 aromatic heterocycles. The third kappa shape index (κ3) is 2.55. The van der Waals surface area contributed by atoms with Crippen molar-refractivity contribution in [3.8, 4) is 0 Å². The number of fused-ring (bicyclic) bond motifs is 1. The largest absolute Gasteiger partial charge is 0.494 e. The lowest BCUT2D eigenvalue weighted by Crippen LogP contribution is -2.41.